The minimum atomic E-state index is -4.43. The number of alkyl halides is 3. The fourth-order valence-electron chi connectivity index (χ4n) is 3.77. The molecule has 0 saturated heterocycles. The van der Waals surface area contributed by atoms with E-state index in [1.807, 2.05) is 30.3 Å². The highest BCUT2D eigenvalue weighted by Gasteiger charge is 2.36. The quantitative estimate of drug-likeness (QED) is 0.432. The average molecular weight is 419 g/mol. The zero-order valence-electron chi connectivity index (χ0n) is 16.1. The number of para-hydroxylation sites is 2. The Morgan fingerprint density at radius 1 is 0.871 bits per heavy atom. The number of aromatic nitrogens is 1. The van der Waals surface area contributed by atoms with E-state index in [-0.39, 0.29) is 5.91 Å². The summed E-state index contributed by atoms with van der Waals surface area (Å²) >= 11 is 0. The fraction of sp³-hybridized carbons (Fsp3) is 0.0833. The smallest absolute Gasteiger partial charge is 0.345 e. The predicted octanol–water partition coefficient (Wildman–Crippen LogP) is 6.02. The number of nitrogens with zero attached hydrogens (tertiary/aromatic N) is 2. The SMILES string of the molecule is O=C1c2cc3ccccc3nc2N[C@@H](c2ccc(C(F)(F)F)cc2)N1c1ccccc1. The Balaban J connectivity index is 1.65. The Kier molecular flexibility index (Phi) is 4.39. The lowest BCUT2D eigenvalue weighted by molar-refractivity contribution is -0.137. The number of benzene rings is 3. The van der Waals surface area contributed by atoms with Gasteiger partial charge in [-0.1, -0.05) is 48.5 Å². The highest BCUT2D eigenvalue weighted by Crippen LogP contribution is 2.38. The van der Waals surface area contributed by atoms with Gasteiger partial charge in [-0.05, 0) is 42.0 Å². The first kappa shape index (κ1) is 19.1. The number of halogens is 3. The summed E-state index contributed by atoms with van der Waals surface area (Å²) in [6.07, 6.45) is -5.14. The van der Waals surface area contributed by atoms with Crippen LogP contribution in [-0.2, 0) is 6.18 Å². The molecule has 31 heavy (non-hydrogen) atoms. The van der Waals surface area contributed by atoms with Crippen LogP contribution in [0.2, 0.25) is 0 Å². The first-order valence-electron chi connectivity index (χ1n) is 9.64. The minimum absolute atomic E-state index is 0.275. The van der Waals surface area contributed by atoms with Crippen LogP contribution < -0.4 is 10.2 Å². The highest BCUT2D eigenvalue weighted by molar-refractivity contribution is 6.13. The van der Waals surface area contributed by atoms with Crippen molar-refractivity contribution in [1.82, 2.24) is 4.98 Å². The molecular weight excluding hydrogens is 403 g/mol. The molecule has 0 saturated carbocycles. The second-order valence-electron chi connectivity index (χ2n) is 7.25. The number of hydrogen-bond donors (Lipinski definition) is 1. The van der Waals surface area contributed by atoms with E-state index in [9.17, 15) is 18.0 Å². The molecule has 154 valence electrons. The Hall–Kier alpha value is -3.87. The van der Waals surface area contributed by atoms with Crippen LogP contribution in [0.4, 0.5) is 24.7 Å². The van der Waals surface area contributed by atoms with Crippen molar-refractivity contribution < 1.29 is 18.0 Å². The first-order chi connectivity index (χ1) is 14.9. The van der Waals surface area contributed by atoms with Crippen molar-refractivity contribution in [2.45, 2.75) is 12.3 Å². The maximum absolute atomic E-state index is 13.5. The summed E-state index contributed by atoms with van der Waals surface area (Å²) in [6, 6.07) is 23.1. The molecule has 4 aromatic rings. The molecule has 0 aliphatic carbocycles. The van der Waals surface area contributed by atoms with Crippen LogP contribution in [0, 0.1) is 0 Å². The van der Waals surface area contributed by atoms with Crippen molar-refractivity contribution in [2.75, 3.05) is 10.2 Å². The summed E-state index contributed by atoms with van der Waals surface area (Å²) in [5, 5.41) is 4.09. The van der Waals surface area contributed by atoms with Gasteiger partial charge in [-0.3, -0.25) is 9.69 Å². The lowest BCUT2D eigenvalue weighted by Crippen LogP contribution is -2.43. The maximum atomic E-state index is 13.5. The first-order valence-corrected chi connectivity index (χ1v) is 9.64. The van der Waals surface area contributed by atoms with E-state index in [1.165, 1.54) is 12.1 Å². The van der Waals surface area contributed by atoms with Crippen LogP contribution in [0.25, 0.3) is 10.9 Å². The van der Waals surface area contributed by atoms with Gasteiger partial charge in [0, 0.05) is 11.1 Å². The van der Waals surface area contributed by atoms with Gasteiger partial charge in [0.2, 0.25) is 0 Å². The van der Waals surface area contributed by atoms with Crippen molar-refractivity contribution in [3.8, 4) is 0 Å². The third-order valence-corrected chi connectivity index (χ3v) is 5.29. The van der Waals surface area contributed by atoms with Gasteiger partial charge in [-0.15, -0.1) is 0 Å². The summed E-state index contributed by atoms with van der Waals surface area (Å²) < 4.78 is 39.1. The molecule has 0 bridgehead atoms. The molecule has 1 amide bonds. The molecule has 0 unspecified atom stereocenters. The number of hydrogen-bond acceptors (Lipinski definition) is 3. The van der Waals surface area contributed by atoms with Gasteiger partial charge in [-0.25, -0.2) is 4.98 Å². The van der Waals surface area contributed by atoms with Gasteiger partial charge in [0.1, 0.15) is 12.0 Å². The third-order valence-electron chi connectivity index (χ3n) is 5.29. The van der Waals surface area contributed by atoms with Crippen LogP contribution >= 0.6 is 0 Å². The highest BCUT2D eigenvalue weighted by atomic mass is 19.4. The monoisotopic (exact) mass is 419 g/mol. The van der Waals surface area contributed by atoms with Gasteiger partial charge in [-0.2, -0.15) is 13.2 Å². The lowest BCUT2D eigenvalue weighted by atomic mass is 10.0. The molecular formula is C24H16F3N3O. The summed E-state index contributed by atoms with van der Waals surface area (Å²) in [7, 11) is 0. The third kappa shape index (κ3) is 3.38. The molecule has 5 rings (SSSR count). The molecule has 2 heterocycles. The second kappa shape index (κ2) is 7.12. The standard InChI is InChI=1S/C24H16F3N3O/c25-24(26,27)17-12-10-15(11-13-17)22-29-21-19(14-16-6-4-5-9-20(16)28-21)23(31)30(22)18-7-2-1-3-8-18/h1-14,22H,(H,28,29)/t22-/m1/s1. The molecule has 1 aliphatic heterocycles. The van der Waals surface area contributed by atoms with Gasteiger partial charge >= 0.3 is 6.18 Å². The number of carbonyl (C=O) groups is 1. The van der Waals surface area contributed by atoms with Crippen LogP contribution in [0.3, 0.4) is 0 Å². The van der Waals surface area contributed by atoms with Gasteiger partial charge in [0.15, 0.2) is 0 Å². The van der Waals surface area contributed by atoms with E-state index in [0.717, 1.165) is 23.0 Å². The van der Waals surface area contributed by atoms with E-state index in [1.54, 1.807) is 35.2 Å². The molecule has 1 N–H and O–H groups in total. The van der Waals surface area contributed by atoms with Crippen LogP contribution in [0.1, 0.15) is 27.7 Å². The van der Waals surface area contributed by atoms with E-state index in [2.05, 4.69) is 10.3 Å². The molecule has 3 aromatic carbocycles. The number of pyridine rings is 1. The number of anilines is 2. The van der Waals surface area contributed by atoms with E-state index < -0.39 is 17.9 Å². The molecule has 4 nitrogen and oxygen atoms in total. The number of nitrogens with one attached hydrogen (secondary N) is 1. The van der Waals surface area contributed by atoms with Crippen molar-refractivity contribution in [3.63, 3.8) is 0 Å². The summed E-state index contributed by atoms with van der Waals surface area (Å²) in [5.74, 6) is 0.129. The topological polar surface area (TPSA) is 45.2 Å². The van der Waals surface area contributed by atoms with Crippen molar-refractivity contribution in [3.05, 3.63) is 102 Å². The Morgan fingerprint density at radius 2 is 1.55 bits per heavy atom. The lowest BCUT2D eigenvalue weighted by Gasteiger charge is -2.37. The van der Waals surface area contributed by atoms with Gasteiger partial charge in [0.05, 0.1) is 16.6 Å². The summed E-state index contributed by atoms with van der Waals surface area (Å²) in [5.41, 5.74) is 1.54. The van der Waals surface area contributed by atoms with E-state index >= 15 is 0 Å². The van der Waals surface area contributed by atoms with Gasteiger partial charge < -0.3 is 5.32 Å². The normalized spacial score (nSPS) is 16.2. The molecule has 0 radical (unpaired) electrons. The number of amides is 1. The van der Waals surface area contributed by atoms with E-state index in [4.69, 9.17) is 0 Å². The van der Waals surface area contributed by atoms with Crippen molar-refractivity contribution >= 4 is 28.3 Å². The van der Waals surface area contributed by atoms with Crippen molar-refractivity contribution in [1.29, 1.82) is 0 Å². The molecule has 1 atom stereocenters. The average Bonchev–Trinajstić information content (AvgIpc) is 2.78. The Morgan fingerprint density at radius 3 is 2.26 bits per heavy atom. The Labute approximate surface area is 176 Å². The van der Waals surface area contributed by atoms with Gasteiger partial charge in [0.25, 0.3) is 5.91 Å². The molecule has 0 fully saturated rings. The fourth-order valence-corrected chi connectivity index (χ4v) is 3.77. The van der Waals surface area contributed by atoms with Crippen molar-refractivity contribution in [2.24, 2.45) is 0 Å². The molecule has 1 aliphatic rings. The van der Waals surface area contributed by atoms with E-state index in [0.29, 0.717) is 22.6 Å². The van der Waals surface area contributed by atoms with Crippen LogP contribution in [0.15, 0.2) is 84.9 Å². The van der Waals surface area contributed by atoms with Crippen LogP contribution in [0.5, 0.6) is 0 Å². The second-order valence-corrected chi connectivity index (χ2v) is 7.25. The molecule has 7 heteroatoms. The Bertz CT molecular complexity index is 1270. The number of fused-ring (bicyclic) bond motifs is 2. The minimum Gasteiger partial charge on any atom is -0.345 e. The summed E-state index contributed by atoms with van der Waals surface area (Å²) in [4.78, 5) is 19.7. The maximum Gasteiger partial charge on any atom is 0.416 e. The number of rotatable bonds is 2. The van der Waals surface area contributed by atoms with Crippen LogP contribution in [-0.4, -0.2) is 10.9 Å². The predicted molar refractivity (Wildman–Crippen MR) is 113 cm³/mol. The molecule has 0 spiro atoms. The summed E-state index contributed by atoms with van der Waals surface area (Å²) in [6.45, 7) is 0. The zero-order valence-corrected chi connectivity index (χ0v) is 16.1. The largest absolute Gasteiger partial charge is 0.416 e. The molecule has 1 aromatic heterocycles. The number of carbonyl (C=O) groups excluding carboxylic acids is 1. The zero-order chi connectivity index (χ0) is 21.6.